The van der Waals surface area contributed by atoms with Gasteiger partial charge in [-0.15, -0.1) is 0 Å². The molecule has 0 saturated carbocycles. The Hall–Kier alpha value is -2.17. The lowest BCUT2D eigenvalue weighted by molar-refractivity contribution is 0.0567. The number of halogens is 1. The van der Waals surface area contributed by atoms with E-state index in [0.29, 0.717) is 0 Å². The van der Waals surface area contributed by atoms with Crippen molar-refractivity contribution in [3.63, 3.8) is 0 Å². The molecule has 1 amide bonds. The van der Waals surface area contributed by atoms with Crippen LogP contribution in [-0.2, 0) is 18.5 Å². The van der Waals surface area contributed by atoms with Gasteiger partial charge < -0.3 is 19.9 Å². The highest BCUT2D eigenvalue weighted by Crippen LogP contribution is 2.44. The van der Waals surface area contributed by atoms with Crippen molar-refractivity contribution in [3.8, 4) is 11.1 Å². The Bertz CT molecular complexity index is 939. The maximum absolute atomic E-state index is 12.0. The van der Waals surface area contributed by atoms with E-state index in [9.17, 15) is 18.3 Å². The molecule has 3 rings (SSSR count). The highest BCUT2D eigenvalue weighted by Gasteiger charge is 2.28. The summed E-state index contributed by atoms with van der Waals surface area (Å²) in [5.41, 5.74) is 4.51. The predicted molar refractivity (Wildman–Crippen MR) is 113 cm³/mol. The molecular formula is C20H23ClN2O6S. The van der Waals surface area contributed by atoms with Gasteiger partial charge >= 0.3 is 6.09 Å². The minimum absolute atomic E-state index is 0.0437. The molecular weight excluding hydrogens is 432 g/mol. The van der Waals surface area contributed by atoms with Crippen LogP contribution in [0, 0.1) is 0 Å². The van der Waals surface area contributed by atoms with Crippen LogP contribution in [0.5, 0.6) is 0 Å². The molecule has 0 spiro atoms. The van der Waals surface area contributed by atoms with Gasteiger partial charge in [-0.2, -0.15) is 0 Å². The fourth-order valence-corrected chi connectivity index (χ4v) is 3.79. The van der Waals surface area contributed by atoms with Crippen LogP contribution in [0.25, 0.3) is 11.1 Å². The number of amides is 1. The molecule has 0 heterocycles. The molecule has 162 valence electrons. The molecule has 1 aliphatic rings. The van der Waals surface area contributed by atoms with E-state index in [1.54, 1.807) is 0 Å². The molecule has 0 saturated heterocycles. The maximum atomic E-state index is 12.0. The first-order valence-electron chi connectivity index (χ1n) is 9.35. The van der Waals surface area contributed by atoms with Gasteiger partial charge in [-0.25, -0.2) is 13.2 Å². The van der Waals surface area contributed by atoms with Gasteiger partial charge in [0.25, 0.3) is 0 Å². The van der Waals surface area contributed by atoms with Crippen LogP contribution in [-0.4, -0.2) is 58.1 Å². The molecule has 0 aromatic heterocycles. The second-order valence-electron chi connectivity index (χ2n) is 6.72. The van der Waals surface area contributed by atoms with Crippen molar-refractivity contribution in [1.29, 1.82) is 0 Å². The fourth-order valence-electron chi connectivity index (χ4n) is 3.29. The number of hydrogen-bond donors (Lipinski definition) is 3. The topological polar surface area (TPSA) is 114 Å². The highest BCUT2D eigenvalue weighted by atomic mass is 35.7. The third-order valence-corrected chi connectivity index (χ3v) is 5.79. The first-order chi connectivity index (χ1) is 14.3. The van der Waals surface area contributed by atoms with E-state index in [1.165, 1.54) is 0 Å². The van der Waals surface area contributed by atoms with E-state index in [0.717, 1.165) is 22.3 Å². The van der Waals surface area contributed by atoms with Gasteiger partial charge in [0.2, 0.25) is 9.05 Å². The van der Waals surface area contributed by atoms with Crippen LogP contribution in [0.1, 0.15) is 17.0 Å². The number of aliphatic hydroxyl groups is 1. The molecule has 0 aliphatic heterocycles. The van der Waals surface area contributed by atoms with Crippen molar-refractivity contribution in [3.05, 3.63) is 59.7 Å². The Labute approximate surface area is 179 Å². The van der Waals surface area contributed by atoms with Gasteiger partial charge in [-0.05, 0) is 22.3 Å². The molecule has 2 aromatic rings. The van der Waals surface area contributed by atoms with Crippen molar-refractivity contribution in [2.24, 2.45) is 0 Å². The Morgan fingerprint density at radius 1 is 1.10 bits per heavy atom. The van der Waals surface area contributed by atoms with E-state index in [-0.39, 0.29) is 38.2 Å². The Morgan fingerprint density at radius 3 is 2.30 bits per heavy atom. The van der Waals surface area contributed by atoms with E-state index in [4.69, 9.17) is 20.2 Å². The quantitative estimate of drug-likeness (QED) is 0.285. The van der Waals surface area contributed by atoms with Gasteiger partial charge in [0, 0.05) is 16.6 Å². The minimum atomic E-state index is -3.61. The number of aliphatic hydroxyl groups excluding tert-OH is 1. The average molecular weight is 455 g/mol. The van der Waals surface area contributed by atoms with Crippen molar-refractivity contribution in [1.82, 2.24) is 10.6 Å². The predicted octanol–water partition coefficient (Wildman–Crippen LogP) is 1.98. The average Bonchev–Trinajstić information content (AvgIpc) is 3.03. The summed E-state index contributed by atoms with van der Waals surface area (Å²) in [7, 11) is 1.44. The second-order valence-corrected chi connectivity index (χ2v) is 9.62. The number of alkyl carbamates (subject to hydrolysis) is 1. The number of carbonyl (C=O) groups is 1. The summed E-state index contributed by atoms with van der Waals surface area (Å²) in [6.07, 6.45) is -1.73. The van der Waals surface area contributed by atoms with E-state index >= 15 is 0 Å². The molecule has 1 unspecified atom stereocenters. The summed E-state index contributed by atoms with van der Waals surface area (Å²) < 4.78 is 31.9. The zero-order chi connectivity index (χ0) is 21.6. The van der Waals surface area contributed by atoms with Crippen LogP contribution in [0.4, 0.5) is 4.79 Å². The molecule has 10 heteroatoms. The summed E-state index contributed by atoms with van der Waals surface area (Å²) in [4.78, 5) is 12.0. The zero-order valence-electron chi connectivity index (χ0n) is 16.1. The molecule has 1 atom stereocenters. The lowest BCUT2D eigenvalue weighted by atomic mass is 9.98. The second kappa shape index (κ2) is 10.2. The number of hydrogen-bond acceptors (Lipinski definition) is 7. The highest BCUT2D eigenvalue weighted by molar-refractivity contribution is 8.13. The van der Waals surface area contributed by atoms with E-state index in [2.05, 4.69) is 22.8 Å². The minimum Gasteiger partial charge on any atom is -0.449 e. The van der Waals surface area contributed by atoms with Crippen molar-refractivity contribution in [2.75, 3.05) is 32.2 Å². The van der Waals surface area contributed by atoms with Gasteiger partial charge in [-0.1, -0.05) is 48.5 Å². The van der Waals surface area contributed by atoms with Crippen molar-refractivity contribution >= 4 is 25.8 Å². The number of benzene rings is 2. The van der Waals surface area contributed by atoms with Crippen LogP contribution >= 0.6 is 10.7 Å². The molecule has 30 heavy (non-hydrogen) atoms. The summed E-state index contributed by atoms with van der Waals surface area (Å²) in [5.74, 6) is -0.373. The zero-order valence-corrected chi connectivity index (χ0v) is 17.7. The number of ether oxygens (including phenoxy) is 2. The first-order valence-corrected chi connectivity index (χ1v) is 11.8. The van der Waals surface area contributed by atoms with Gasteiger partial charge in [0.1, 0.15) is 12.8 Å². The smallest absolute Gasteiger partial charge is 0.407 e. The normalized spacial score (nSPS) is 14.1. The third-order valence-electron chi connectivity index (χ3n) is 4.68. The molecule has 1 aliphatic carbocycles. The SMILES string of the molecule is O=C(NCC(O)NCOCCS(=O)(=O)Cl)OCC1c2ccccc2-c2ccccc21. The summed E-state index contributed by atoms with van der Waals surface area (Å²) in [5, 5.41) is 14.8. The lowest BCUT2D eigenvalue weighted by Crippen LogP contribution is -2.42. The van der Waals surface area contributed by atoms with Crippen LogP contribution in [0.15, 0.2) is 48.5 Å². The standard InChI is InChI=1S/C20H23ClN2O6S/c21-30(26,27)10-9-28-13-23-19(24)11-22-20(25)29-12-18-16-7-3-1-5-14(16)15-6-2-4-8-17(15)18/h1-8,18-19,23-24H,9-13H2,(H,22,25). The molecule has 0 radical (unpaired) electrons. The fraction of sp³-hybridized carbons (Fsp3) is 0.350. The number of rotatable bonds is 10. The number of fused-ring (bicyclic) bond motifs is 3. The number of nitrogens with one attached hydrogen (secondary N) is 2. The Kier molecular flexibility index (Phi) is 7.68. The van der Waals surface area contributed by atoms with E-state index in [1.807, 2.05) is 36.4 Å². The summed E-state index contributed by atoms with van der Waals surface area (Å²) in [6.45, 7) is -0.126. The van der Waals surface area contributed by atoms with Crippen LogP contribution < -0.4 is 10.6 Å². The van der Waals surface area contributed by atoms with Gasteiger partial charge in [0.05, 0.1) is 25.6 Å². The number of carbonyl (C=O) groups excluding carboxylic acids is 1. The molecule has 3 N–H and O–H groups in total. The van der Waals surface area contributed by atoms with Gasteiger partial charge in [0.15, 0.2) is 0 Å². The van der Waals surface area contributed by atoms with Crippen LogP contribution in [0.2, 0.25) is 0 Å². The Morgan fingerprint density at radius 2 is 1.70 bits per heavy atom. The Balaban J connectivity index is 1.41. The molecule has 0 bridgehead atoms. The molecule has 0 fully saturated rings. The van der Waals surface area contributed by atoms with E-state index < -0.39 is 21.4 Å². The molecule has 2 aromatic carbocycles. The van der Waals surface area contributed by atoms with Gasteiger partial charge in [-0.3, -0.25) is 5.32 Å². The van der Waals surface area contributed by atoms with Crippen LogP contribution in [0.3, 0.4) is 0 Å². The largest absolute Gasteiger partial charge is 0.449 e. The maximum Gasteiger partial charge on any atom is 0.407 e. The van der Waals surface area contributed by atoms with Crippen molar-refractivity contribution in [2.45, 2.75) is 12.1 Å². The summed E-state index contributed by atoms with van der Waals surface area (Å²) in [6, 6.07) is 16.1. The monoisotopic (exact) mass is 454 g/mol. The first kappa shape index (κ1) is 22.5. The third kappa shape index (κ3) is 6.16. The van der Waals surface area contributed by atoms with Crippen molar-refractivity contribution < 1.29 is 27.8 Å². The summed E-state index contributed by atoms with van der Waals surface area (Å²) >= 11 is 0. The molecule has 8 nitrogen and oxygen atoms in total. The lowest BCUT2D eigenvalue weighted by Gasteiger charge is -2.16.